The van der Waals surface area contributed by atoms with E-state index in [1.165, 1.54) is 0 Å². The van der Waals surface area contributed by atoms with Gasteiger partial charge in [-0.3, -0.25) is 13.9 Å². The van der Waals surface area contributed by atoms with E-state index in [9.17, 15) is 9.59 Å². The van der Waals surface area contributed by atoms with Crippen molar-refractivity contribution in [2.45, 2.75) is 6.54 Å². The highest BCUT2D eigenvalue weighted by atomic mass is 16.4. The average Bonchev–Trinajstić information content (AvgIpc) is 2.54. The van der Waals surface area contributed by atoms with Crippen LogP contribution in [0.5, 0.6) is 0 Å². The number of fused-ring (bicyclic) bond motifs is 1. The highest BCUT2D eigenvalue weighted by Crippen LogP contribution is 2.13. The van der Waals surface area contributed by atoms with Crippen LogP contribution in [0.3, 0.4) is 0 Å². The third kappa shape index (κ3) is 2.14. The monoisotopic (exact) mass is 249 g/mol. The predicted octanol–water partition coefficient (Wildman–Crippen LogP) is 0.0512. The van der Waals surface area contributed by atoms with Crippen LogP contribution in [-0.2, 0) is 25.4 Å². The molecule has 96 valence electrons. The SMILES string of the molecule is Cn1c(=O)n(C)c2cc(CNCC(=O)O)ccc21. The number of aryl methyl sites for hydroxylation is 2. The highest BCUT2D eigenvalue weighted by molar-refractivity contribution is 5.76. The molecule has 0 aliphatic heterocycles. The molecule has 0 fully saturated rings. The molecule has 0 atom stereocenters. The lowest BCUT2D eigenvalue weighted by Gasteiger charge is -2.03. The molecule has 0 bridgehead atoms. The first-order valence-electron chi connectivity index (χ1n) is 5.57. The van der Waals surface area contributed by atoms with Gasteiger partial charge in [-0.2, -0.15) is 0 Å². The van der Waals surface area contributed by atoms with Crippen LogP contribution in [0.25, 0.3) is 11.0 Å². The fraction of sp³-hybridized carbons (Fsp3) is 0.333. The lowest BCUT2D eigenvalue weighted by atomic mass is 10.2. The largest absolute Gasteiger partial charge is 0.480 e. The average molecular weight is 249 g/mol. The molecular formula is C12H15N3O3. The summed E-state index contributed by atoms with van der Waals surface area (Å²) in [7, 11) is 3.45. The van der Waals surface area contributed by atoms with Crippen molar-refractivity contribution in [2.75, 3.05) is 6.54 Å². The van der Waals surface area contributed by atoms with Crippen molar-refractivity contribution < 1.29 is 9.90 Å². The van der Waals surface area contributed by atoms with E-state index < -0.39 is 5.97 Å². The van der Waals surface area contributed by atoms with Crippen molar-refractivity contribution in [3.05, 3.63) is 34.2 Å². The van der Waals surface area contributed by atoms with E-state index in [1.807, 2.05) is 18.2 Å². The molecule has 6 heteroatoms. The Bertz CT molecular complexity index is 654. The Balaban J connectivity index is 2.30. The molecule has 0 radical (unpaired) electrons. The Hall–Kier alpha value is -2.08. The number of rotatable bonds is 4. The van der Waals surface area contributed by atoms with Gasteiger partial charge in [-0.15, -0.1) is 0 Å². The number of nitrogens with one attached hydrogen (secondary N) is 1. The zero-order valence-electron chi connectivity index (χ0n) is 10.3. The van der Waals surface area contributed by atoms with Gasteiger partial charge >= 0.3 is 11.7 Å². The molecule has 1 aromatic carbocycles. The van der Waals surface area contributed by atoms with E-state index in [1.54, 1.807) is 23.2 Å². The molecule has 0 unspecified atom stereocenters. The minimum absolute atomic E-state index is 0.0688. The number of nitrogens with zero attached hydrogens (tertiary/aromatic N) is 2. The third-order valence-electron chi connectivity index (χ3n) is 2.94. The zero-order valence-corrected chi connectivity index (χ0v) is 10.3. The summed E-state index contributed by atoms with van der Waals surface area (Å²) in [5, 5.41) is 11.3. The van der Waals surface area contributed by atoms with Crippen molar-refractivity contribution in [1.29, 1.82) is 0 Å². The summed E-state index contributed by atoms with van der Waals surface area (Å²) < 4.78 is 3.17. The van der Waals surface area contributed by atoms with Crippen molar-refractivity contribution in [3.63, 3.8) is 0 Å². The molecule has 0 saturated heterocycles. The second-order valence-electron chi connectivity index (χ2n) is 4.22. The Labute approximate surface area is 103 Å². The first-order chi connectivity index (χ1) is 8.50. The summed E-state index contributed by atoms with van der Waals surface area (Å²) in [6.07, 6.45) is 0. The molecule has 2 N–H and O–H groups in total. The number of aliphatic carboxylic acids is 1. The summed E-state index contributed by atoms with van der Waals surface area (Å²) in [6, 6.07) is 5.65. The van der Waals surface area contributed by atoms with E-state index in [2.05, 4.69) is 5.32 Å². The summed E-state index contributed by atoms with van der Waals surface area (Å²) in [4.78, 5) is 22.1. The number of carbonyl (C=O) groups is 1. The van der Waals surface area contributed by atoms with Crippen molar-refractivity contribution in [1.82, 2.24) is 14.5 Å². The summed E-state index contributed by atoms with van der Waals surface area (Å²) >= 11 is 0. The van der Waals surface area contributed by atoms with E-state index in [0.717, 1.165) is 16.6 Å². The molecule has 2 rings (SSSR count). The highest BCUT2D eigenvalue weighted by Gasteiger charge is 2.07. The molecule has 0 saturated carbocycles. The molecule has 0 amide bonds. The number of aromatic nitrogens is 2. The van der Waals surface area contributed by atoms with Crippen LogP contribution < -0.4 is 11.0 Å². The second kappa shape index (κ2) is 4.66. The Morgan fingerprint density at radius 3 is 2.61 bits per heavy atom. The molecule has 0 aliphatic carbocycles. The fourth-order valence-corrected chi connectivity index (χ4v) is 1.98. The van der Waals surface area contributed by atoms with Crippen molar-refractivity contribution in [2.24, 2.45) is 14.1 Å². The first kappa shape index (κ1) is 12.4. The fourth-order valence-electron chi connectivity index (χ4n) is 1.98. The van der Waals surface area contributed by atoms with Gasteiger partial charge in [0.15, 0.2) is 0 Å². The number of imidazole rings is 1. The van der Waals surface area contributed by atoms with E-state index in [4.69, 9.17) is 5.11 Å². The molecule has 1 aromatic heterocycles. The maximum absolute atomic E-state index is 11.7. The molecular weight excluding hydrogens is 234 g/mol. The standard InChI is InChI=1S/C12H15N3O3/c1-14-9-4-3-8(6-13-7-11(16)17)5-10(9)15(2)12(14)18/h3-5,13H,6-7H2,1-2H3,(H,16,17). The first-order valence-corrected chi connectivity index (χ1v) is 5.57. The van der Waals surface area contributed by atoms with E-state index >= 15 is 0 Å². The minimum Gasteiger partial charge on any atom is -0.480 e. The number of hydrogen-bond donors (Lipinski definition) is 2. The van der Waals surface area contributed by atoms with Crippen LogP contribution in [0.2, 0.25) is 0 Å². The quantitative estimate of drug-likeness (QED) is 0.803. The predicted molar refractivity (Wildman–Crippen MR) is 67.5 cm³/mol. The smallest absolute Gasteiger partial charge is 0.328 e. The van der Waals surface area contributed by atoms with Crippen LogP contribution >= 0.6 is 0 Å². The second-order valence-corrected chi connectivity index (χ2v) is 4.22. The Morgan fingerprint density at radius 1 is 1.28 bits per heavy atom. The summed E-state index contributed by atoms with van der Waals surface area (Å²) in [6.45, 7) is 0.386. The van der Waals surface area contributed by atoms with E-state index in [0.29, 0.717) is 6.54 Å². The Kier molecular flexibility index (Phi) is 3.20. The van der Waals surface area contributed by atoms with Gasteiger partial charge in [0, 0.05) is 20.6 Å². The normalized spacial score (nSPS) is 11.0. The van der Waals surface area contributed by atoms with Crippen LogP contribution in [0, 0.1) is 0 Å². The van der Waals surface area contributed by atoms with Crippen LogP contribution in [0.1, 0.15) is 5.56 Å². The molecule has 6 nitrogen and oxygen atoms in total. The van der Waals surface area contributed by atoms with Gasteiger partial charge in [0.25, 0.3) is 0 Å². The lowest BCUT2D eigenvalue weighted by molar-refractivity contribution is -0.135. The van der Waals surface area contributed by atoms with Gasteiger partial charge in [-0.25, -0.2) is 4.79 Å². The van der Waals surface area contributed by atoms with Gasteiger partial charge in [-0.05, 0) is 17.7 Å². The van der Waals surface area contributed by atoms with Gasteiger partial charge in [-0.1, -0.05) is 6.07 Å². The minimum atomic E-state index is -0.886. The summed E-state index contributed by atoms with van der Waals surface area (Å²) in [5.41, 5.74) is 2.59. The number of hydrogen-bond acceptors (Lipinski definition) is 3. The van der Waals surface area contributed by atoms with Crippen LogP contribution in [0.15, 0.2) is 23.0 Å². The third-order valence-corrected chi connectivity index (χ3v) is 2.94. The van der Waals surface area contributed by atoms with E-state index in [-0.39, 0.29) is 12.2 Å². The Morgan fingerprint density at radius 2 is 1.94 bits per heavy atom. The number of carboxylic acid groups (broad SMARTS) is 1. The van der Waals surface area contributed by atoms with Crippen LogP contribution in [0.4, 0.5) is 0 Å². The van der Waals surface area contributed by atoms with Gasteiger partial charge in [0.2, 0.25) is 0 Å². The van der Waals surface area contributed by atoms with Gasteiger partial charge in [0.05, 0.1) is 17.6 Å². The molecule has 2 aromatic rings. The maximum Gasteiger partial charge on any atom is 0.328 e. The molecule has 1 heterocycles. The number of benzene rings is 1. The van der Waals surface area contributed by atoms with Crippen molar-refractivity contribution >= 4 is 17.0 Å². The zero-order chi connectivity index (χ0) is 13.3. The van der Waals surface area contributed by atoms with Crippen LogP contribution in [-0.4, -0.2) is 26.8 Å². The molecule has 0 spiro atoms. The molecule has 18 heavy (non-hydrogen) atoms. The topological polar surface area (TPSA) is 76.3 Å². The molecule has 0 aliphatic rings. The van der Waals surface area contributed by atoms with Gasteiger partial charge in [0.1, 0.15) is 0 Å². The van der Waals surface area contributed by atoms with Crippen molar-refractivity contribution in [3.8, 4) is 0 Å². The number of carboxylic acids is 1. The lowest BCUT2D eigenvalue weighted by Crippen LogP contribution is -2.21. The maximum atomic E-state index is 11.7. The van der Waals surface area contributed by atoms with Gasteiger partial charge < -0.3 is 10.4 Å². The summed E-state index contributed by atoms with van der Waals surface area (Å²) in [5.74, 6) is -0.886.